The smallest absolute Gasteiger partial charge is 0.408 e. The third-order valence-corrected chi connectivity index (χ3v) is 2.68. The maximum Gasteiger partial charge on any atom is 0.408 e. The molecule has 2 atom stereocenters. The van der Waals surface area contributed by atoms with E-state index in [1.807, 2.05) is 30.3 Å². The number of hydrogen-bond donors (Lipinski definition) is 3. The van der Waals surface area contributed by atoms with Gasteiger partial charge in [0.15, 0.2) is 0 Å². The van der Waals surface area contributed by atoms with E-state index < -0.39 is 23.8 Å². The van der Waals surface area contributed by atoms with E-state index in [0.29, 0.717) is 13.0 Å². The zero-order valence-corrected chi connectivity index (χ0v) is 12.3. The summed E-state index contributed by atoms with van der Waals surface area (Å²) in [4.78, 5) is 11.9. The van der Waals surface area contributed by atoms with Crippen LogP contribution in [0.3, 0.4) is 0 Å². The van der Waals surface area contributed by atoms with E-state index in [-0.39, 0.29) is 0 Å². The quantitative estimate of drug-likeness (QED) is 0.769. The van der Waals surface area contributed by atoms with Gasteiger partial charge in [0.05, 0.1) is 12.1 Å². The lowest BCUT2D eigenvalue weighted by atomic mass is 9.99. The Labute approximate surface area is 120 Å². The molecule has 5 nitrogen and oxygen atoms in total. The molecule has 1 aromatic carbocycles. The molecule has 0 aromatic heterocycles. The van der Waals surface area contributed by atoms with Crippen LogP contribution in [0.1, 0.15) is 38.8 Å². The molecule has 2 unspecified atom stereocenters. The van der Waals surface area contributed by atoms with E-state index in [0.717, 1.165) is 5.56 Å². The van der Waals surface area contributed by atoms with Crippen LogP contribution in [-0.4, -0.2) is 29.4 Å². The van der Waals surface area contributed by atoms with Gasteiger partial charge in [-0.05, 0) is 39.3 Å². The van der Waals surface area contributed by atoms with Gasteiger partial charge in [0.2, 0.25) is 0 Å². The molecule has 112 valence electrons. The van der Waals surface area contributed by atoms with Crippen molar-refractivity contribution in [1.82, 2.24) is 5.32 Å². The van der Waals surface area contributed by atoms with Gasteiger partial charge in [-0.3, -0.25) is 0 Å². The molecule has 0 saturated carbocycles. The SMILES string of the molecule is CC(C)(C)OC(=O)NC(c1ccccc1)C(O)CCN. The Hall–Kier alpha value is -1.59. The number of rotatable bonds is 5. The maximum atomic E-state index is 11.9. The van der Waals surface area contributed by atoms with Crippen LogP contribution in [0.15, 0.2) is 30.3 Å². The first-order valence-electron chi connectivity index (χ1n) is 6.76. The minimum Gasteiger partial charge on any atom is -0.444 e. The summed E-state index contributed by atoms with van der Waals surface area (Å²) in [5.41, 5.74) is 5.71. The van der Waals surface area contributed by atoms with Crippen LogP contribution in [0.25, 0.3) is 0 Å². The molecule has 1 rings (SSSR count). The number of alkyl carbamates (subject to hydrolysis) is 1. The molecule has 1 amide bonds. The van der Waals surface area contributed by atoms with Crippen molar-refractivity contribution in [2.45, 2.75) is 44.9 Å². The molecule has 0 aliphatic rings. The fraction of sp³-hybridized carbons (Fsp3) is 0.533. The molecule has 0 aliphatic carbocycles. The normalized spacial score (nSPS) is 14.4. The predicted molar refractivity (Wildman–Crippen MR) is 78.2 cm³/mol. The molecular formula is C15H24N2O3. The van der Waals surface area contributed by atoms with Crippen molar-refractivity contribution in [3.63, 3.8) is 0 Å². The van der Waals surface area contributed by atoms with Gasteiger partial charge < -0.3 is 20.9 Å². The lowest BCUT2D eigenvalue weighted by molar-refractivity contribution is 0.0414. The fourth-order valence-corrected chi connectivity index (χ4v) is 1.83. The van der Waals surface area contributed by atoms with E-state index in [1.54, 1.807) is 20.8 Å². The summed E-state index contributed by atoms with van der Waals surface area (Å²) in [5.74, 6) is 0. The van der Waals surface area contributed by atoms with Crippen LogP contribution in [0.4, 0.5) is 4.79 Å². The van der Waals surface area contributed by atoms with Crippen LogP contribution < -0.4 is 11.1 Å². The Morgan fingerprint density at radius 1 is 1.35 bits per heavy atom. The van der Waals surface area contributed by atoms with Crippen LogP contribution in [0.5, 0.6) is 0 Å². The highest BCUT2D eigenvalue weighted by atomic mass is 16.6. The number of benzene rings is 1. The zero-order chi connectivity index (χ0) is 15.2. The van der Waals surface area contributed by atoms with Crippen LogP contribution >= 0.6 is 0 Å². The summed E-state index contributed by atoms with van der Waals surface area (Å²) in [6.45, 7) is 5.72. The molecule has 4 N–H and O–H groups in total. The number of carbonyl (C=O) groups is 1. The van der Waals surface area contributed by atoms with Crippen LogP contribution in [0, 0.1) is 0 Å². The molecule has 0 saturated heterocycles. The number of aliphatic hydroxyl groups is 1. The summed E-state index contributed by atoms with van der Waals surface area (Å²) in [6.07, 6.45) is -0.910. The third kappa shape index (κ3) is 5.59. The highest BCUT2D eigenvalue weighted by molar-refractivity contribution is 5.68. The number of aliphatic hydroxyl groups excluding tert-OH is 1. The minimum absolute atomic E-state index is 0.348. The lowest BCUT2D eigenvalue weighted by Gasteiger charge is -2.26. The molecule has 0 aliphatic heterocycles. The van der Waals surface area contributed by atoms with E-state index in [1.165, 1.54) is 0 Å². The van der Waals surface area contributed by atoms with E-state index >= 15 is 0 Å². The molecule has 0 fully saturated rings. The first-order valence-corrected chi connectivity index (χ1v) is 6.76. The number of carbonyl (C=O) groups excluding carboxylic acids is 1. The minimum atomic E-state index is -0.755. The fourth-order valence-electron chi connectivity index (χ4n) is 1.83. The summed E-state index contributed by atoms with van der Waals surface area (Å²) in [5, 5.41) is 12.9. The number of hydrogen-bond acceptors (Lipinski definition) is 4. The molecule has 0 radical (unpaired) electrons. The van der Waals surface area contributed by atoms with Gasteiger partial charge in [0, 0.05) is 0 Å². The number of nitrogens with one attached hydrogen (secondary N) is 1. The largest absolute Gasteiger partial charge is 0.444 e. The molecule has 20 heavy (non-hydrogen) atoms. The third-order valence-electron chi connectivity index (χ3n) is 2.68. The van der Waals surface area contributed by atoms with Gasteiger partial charge in [0.1, 0.15) is 5.60 Å². The topological polar surface area (TPSA) is 84.6 Å². The first kappa shape index (κ1) is 16.5. The van der Waals surface area contributed by atoms with Crippen LogP contribution in [-0.2, 0) is 4.74 Å². The zero-order valence-electron chi connectivity index (χ0n) is 12.3. The second-order valence-corrected chi connectivity index (χ2v) is 5.68. The van der Waals surface area contributed by atoms with Crippen molar-refractivity contribution in [2.75, 3.05) is 6.54 Å². The Kier molecular flexibility index (Phi) is 5.98. The Morgan fingerprint density at radius 2 is 1.95 bits per heavy atom. The van der Waals surface area contributed by atoms with Gasteiger partial charge in [-0.2, -0.15) is 0 Å². The second kappa shape index (κ2) is 7.26. The van der Waals surface area contributed by atoms with E-state index in [4.69, 9.17) is 10.5 Å². The highest BCUT2D eigenvalue weighted by Gasteiger charge is 2.25. The van der Waals surface area contributed by atoms with E-state index in [9.17, 15) is 9.90 Å². The lowest BCUT2D eigenvalue weighted by Crippen LogP contribution is -2.40. The molecule has 0 spiro atoms. The summed E-state index contributed by atoms with van der Waals surface area (Å²) in [6, 6.07) is 8.75. The van der Waals surface area contributed by atoms with Crippen molar-refractivity contribution in [3.8, 4) is 0 Å². The number of nitrogens with two attached hydrogens (primary N) is 1. The van der Waals surface area contributed by atoms with Gasteiger partial charge in [-0.1, -0.05) is 30.3 Å². The van der Waals surface area contributed by atoms with Gasteiger partial charge in [-0.25, -0.2) is 4.79 Å². The van der Waals surface area contributed by atoms with Gasteiger partial charge >= 0.3 is 6.09 Å². The summed E-state index contributed by atoms with van der Waals surface area (Å²) in [7, 11) is 0. The second-order valence-electron chi connectivity index (χ2n) is 5.68. The molecule has 0 heterocycles. The monoisotopic (exact) mass is 280 g/mol. The number of amides is 1. The Morgan fingerprint density at radius 3 is 2.45 bits per heavy atom. The van der Waals surface area contributed by atoms with Crippen molar-refractivity contribution in [1.29, 1.82) is 0 Å². The Balaban J connectivity index is 2.81. The predicted octanol–water partition coefficient (Wildman–Crippen LogP) is 1.96. The van der Waals surface area contributed by atoms with Gasteiger partial charge in [0.25, 0.3) is 0 Å². The molecular weight excluding hydrogens is 256 g/mol. The van der Waals surface area contributed by atoms with Crippen molar-refractivity contribution in [3.05, 3.63) is 35.9 Å². The highest BCUT2D eigenvalue weighted by Crippen LogP contribution is 2.19. The average molecular weight is 280 g/mol. The van der Waals surface area contributed by atoms with Gasteiger partial charge in [-0.15, -0.1) is 0 Å². The first-order chi connectivity index (χ1) is 9.33. The van der Waals surface area contributed by atoms with Crippen LogP contribution in [0.2, 0.25) is 0 Å². The Bertz CT molecular complexity index is 415. The average Bonchev–Trinajstić information content (AvgIpc) is 2.35. The molecule has 5 heteroatoms. The summed E-state index contributed by atoms with van der Waals surface area (Å²) >= 11 is 0. The standard InChI is InChI=1S/C15H24N2O3/c1-15(2,3)20-14(19)17-13(12(18)9-10-16)11-7-5-4-6-8-11/h4-8,12-13,18H,9-10,16H2,1-3H3,(H,17,19). The van der Waals surface area contributed by atoms with Crippen molar-refractivity contribution in [2.24, 2.45) is 5.73 Å². The maximum absolute atomic E-state index is 11.9. The molecule has 1 aromatic rings. The number of ether oxygens (including phenoxy) is 1. The summed E-state index contributed by atoms with van der Waals surface area (Å²) < 4.78 is 5.23. The van der Waals surface area contributed by atoms with Crippen molar-refractivity contribution < 1.29 is 14.6 Å². The molecule has 0 bridgehead atoms. The van der Waals surface area contributed by atoms with Crippen molar-refractivity contribution >= 4 is 6.09 Å². The van der Waals surface area contributed by atoms with E-state index in [2.05, 4.69) is 5.32 Å².